The van der Waals surface area contributed by atoms with Crippen molar-refractivity contribution in [1.82, 2.24) is 20.8 Å². The Morgan fingerprint density at radius 3 is 2.42 bits per heavy atom. The van der Waals surface area contributed by atoms with Crippen LogP contribution < -0.4 is 16.2 Å². The number of hydrogen-bond acceptors (Lipinski definition) is 3. The zero-order valence-electron chi connectivity index (χ0n) is 17.2. The van der Waals surface area contributed by atoms with Crippen LogP contribution in [0.3, 0.4) is 0 Å². The number of benzene rings is 3. The summed E-state index contributed by atoms with van der Waals surface area (Å²) in [7, 11) is 0. The summed E-state index contributed by atoms with van der Waals surface area (Å²) in [5, 5.41) is 4.63. The maximum absolute atomic E-state index is 13.8. The molecule has 0 bridgehead atoms. The maximum Gasteiger partial charge on any atom is 0.288 e. The highest BCUT2D eigenvalue weighted by Gasteiger charge is 2.17. The molecule has 0 atom stereocenters. The van der Waals surface area contributed by atoms with Crippen molar-refractivity contribution in [3.63, 3.8) is 0 Å². The van der Waals surface area contributed by atoms with E-state index in [1.165, 1.54) is 6.07 Å². The third-order valence-corrected chi connectivity index (χ3v) is 5.39. The normalized spacial score (nSPS) is 10.8. The topological polar surface area (TPSA) is 81.8 Å². The molecule has 8 heteroatoms. The van der Waals surface area contributed by atoms with E-state index in [1.807, 2.05) is 54.6 Å². The Labute approximate surface area is 193 Å². The molecule has 162 valence electrons. The molecule has 5 aromatic rings. The fraction of sp³-hybridized carbons (Fsp3) is 0. The Morgan fingerprint density at radius 1 is 0.879 bits per heavy atom. The van der Waals surface area contributed by atoms with Crippen molar-refractivity contribution in [2.75, 3.05) is 5.32 Å². The van der Waals surface area contributed by atoms with Crippen LogP contribution in [0.15, 0.2) is 84.9 Å². The van der Waals surface area contributed by atoms with E-state index in [0.717, 1.165) is 27.4 Å². The molecule has 0 fully saturated rings. The van der Waals surface area contributed by atoms with Gasteiger partial charge in [-0.1, -0.05) is 60.7 Å². The summed E-state index contributed by atoms with van der Waals surface area (Å²) in [6, 6.07) is 25.4. The molecule has 0 saturated heterocycles. The van der Waals surface area contributed by atoms with E-state index < -0.39 is 11.7 Å². The van der Waals surface area contributed by atoms with Crippen LogP contribution in [-0.4, -0.2) is 21.0 Å². The van der Waals surface area contributed by atoms with Crippen LogP contribution in [0.5, 0.6) is 0 Å². The summed E-state index contributed by atoms with van der Waals surface area (Å²) in [6.07, 6.45) is 0. The lowest BCUT2D eigenvalue weighted by Gasteiger charge is -2.12. The number of hydrogen-bond donors (Lipinski definition) is 4. The fourth-order valence-corrected chi connectivity index (χ4v) is 3.82. The van der Waals surface area contributed by atoms with Gasteiger partial charge in [-0.25, -0.2) is 9.37 Å². The molecule has 5 rings (SSSR count). The molecule has 0 spiro atoms. The summed E-state index contributed by atoms with van der Waals surface area (Å²) >= 11 is 5.16. The molecule has 0 aliphatic carbocycles. The number of carbonyl (C=O) groups is 1. The van der Waals surface area contributed by atoms with Crippen LogP contribution in [0, 0.1) is 5.82 Å². The zero-order chi connectivity index (χ0) is 22.8. The summed E-state index contributed by atoms with van der Waals surface area (Å²) in [4.78, 5) is 21.0. The van der Waals surface area contributed by atoms with Gasteiger partial charge in [-0.3, -0.25) is 15.6 Å². The van der Waals surface area contributed by atoms with Gasteiger partial charge in [-0.05, 0) is 36.5 Å². The molecule has 2 aromatic heterocycles. The molecule has 1 amide bonds. The van der Waals surface area contributed by atoms with Gasteiger partial charge >= 0.3 is 0 Å². The molecule has 3 aromatic carbocycles. The molecular formula is C25H18FN5OS. The van der Waals surface area contributed by atoms with E-state index in [2.05, 4.69) is 26.1 Å². The van der Waals surface area contributed by atoms with E-state index in [0.29, 0.717) is 5.69 Å². The minimum atomic E-state index is -0.475. The molecule has 4 N–H and O–H groups in total. The van der Waals surface area contributed by atoms with Crippen LogP contribution in [-0.2, 0) is 0 Å². The van der Waals surface area contributed by atoms with Gasteiger partial charge in [0.05, 0.1) is 16.9 Å². The number of rotatable bonds is 3. The average molecular weight is 456 g/mol. The number of halogens is 1. The highest BCUT2D eigenvalue weighted by Crippen LogP contribution is 2.32. The first-order valence-electron chi connectivity index (χ1n) is 10.2. The predicted molar refractivity (Wildman–Crippen MR) is 132 cm³/mol. The smallest absolute Gasteiger partial charge is 0.288 e. The molecule has 0 saturated carbocycles. The third kappa shape index (κ3) is 4.11. The zero-order valence-corrected chi connectivity index (χ0v) is 18.0. The number of carbonyl (C=O) groups excluding carboxylic acids is 1. The number of thiocarbonyl (C=S) groups is 1. The maximum atomic E-state index is 13.8. The molecular weight excluding hydrogens is 437 g/mol. The van der Waals surface area contributed by atoms with Gasteiger partial charge in [0, 0.05) is 21.9 Å². The number of nitrogens with one attached hydrogen (secondary N) is 4. The van der Waals surface area contributed by atoms with E-state index in [4.69, 9.17) is 12.2 Å². The minimum absolute atomic E-state index is 0.0462. The summed E-state index contributed by atoms with van der Waals surface area (Å²) in [5.74, 6) is -0.927. The second kappa shape index (κ2) is 8.68. The number of nitrogens with zero attached hydrogens (tertiary/aromatic N) is 1. The minimum Gasteiger partial charge on any atom is -0.353 e. The number of fused-ring (bicyclic) bond motifs is 3. The van der Waals surface area contributed by atoms with Gasteiger partial charge in [0.15, 0.2) is 5.11 Å². The largest absolute Gasteiger partial charge is 0.353 e. The quantitative estimate of drug-likeness (QED) is 0.223. The summed E-state index contributed by atoms with van der Waals surface area (Å²) < 4.78 is 13.8. The highest BCUT2D eigenvalue weighted by atomic mass is 32.1. The molecule has 33 heavy (non-hydrogen) atoms. The Morgan fingerprint density at radius 2 is 1.61 bits per heavy atom. The van der Waals surface area contributed by atoms with Gasteiger partial charge in [0.2, 0.25) is 0 Å². The Bertz CT molecular complexity index is 1500. The average Bonchev–Trinajstić information content (AvgIpc) is 3.22. The molecule has 0 aliphatic rings. The lowest BCUT2D eigenvalue weighted by atomic mass is 10.1. The summed E-state index contributed by atoms with van der Waals surface area (Å²) in [6.45, 7) is 0. The van der Waals surface area contributed by atoms with Crippen LogP contribution in [0.1, 0.15) is 10.5 Å². The van der Waals surface area contributed by atoms with Gasteiger partial charge in [0.25, 0.3) is 5.91 Å². The first kappa shape index (κ1) is 20.6. The van der Waals surface area contributed by atoms with Crippen molar-refractivity contribution >= 4 is 50.7 Å². The number of pyridine rings is 1. The number of aromatic nitrogens is 2. The van der Waals surface area contributed by atoms with Crippen molar-refractivity contribution in [3.05, 3.63) is 96.4 Å². The van der Waals surface area contributed by atoms with Gasteiger partial charge in [-0.2, -0.15) is 0 Å². The van der Waals surface area contributed by atoms with Crippen molar-refractivity contribution < 1.29 is 9.18 Å². The molecule has 2 heterocycles. The lowest BCUT2D eigenvalue weighted by molar-refractivity contribution is 0.0939. The first-order chi connectivity index (χ1) is 16.1. The number of hydrazine groups is 1. The van der Waals surface area contributed by atoms with Gasteiger partial charge < -0.3 is 10.3 Å². The van der Waals surface area contributed by atoms with Crippen LogP contribution in [0.2, 0.25) is 0 Å². The second-order valence-corrected chi connectivity index (χ2v) is 7.74. The predicted octanol–water partition coefficient (Wildman–Crippen LogP) is 5.15. The van der Waals surface area contributed by atoms with E-state index in [1.54, 1.807) is 24.3 Å². The number of H-pyrrole nitrogens is 1. The Hall–Kier alpha value is -4.30. The van der Waals surface area contributed by atoms with Gasteiger partial charge in [0.1, 0.15) is 11.5 Å². The van der Waals surface area contributed by atoms with Crippen molar-refractivity contribution in [1.29, 1.82) is 0 Å². The van der Waals surface area contributed by atoms with Crippen LogP contribution in [0.4, 0.5) is 10.1 Å². The molecule has 6 nitrogen and oxygen atoms in total. The number of aromatic amines is 1. The molecule has 0 unspecified atom stereocenters. The lowest BCUT2D eigenvalue weighted by Crippen LogP contribution is -2.44. The van der Waals surface area contributed by atoms with Crippen molar-refractivity contribution in [2.45, 2.75) is 0 Å². The van der Waals surface area contributed by atoms with Crippen LogP contribution >= 0.6 is 12.2 Å². The second-order valence-electron chi connectivity index (χ2n) is 7.33. The molecule has 0 radical (unpaired) electrons. The SMILES string of the molecule is O=C(NNC(=S)Nc1ccccc1F)c1cc2c([nH]c3ccccc32)c(-c2ccccc2)n1. The van der Waals surface area contributed by atoms with Crippen LogP contribution in [0.25, 0.3) is 33.1 Å². The number of anilines is 1. The number of para-hydroxylation sites is 2. The van der Waals surface area contributed by atoms with E-state index >= 15 is 0 Å². The summed E-state index contributed by atoms with van der Waals surface area (Å²) in [5.41, 5.74) is 8.91. The Kier molecular flexibility index (Phi) is 5.42. The Balaban J connectivity index is 1.46. The monoisotopic (exact) mass is 455 g/mol. The first-order valence-corrected chi connectivity index (χ1v) is 10.6. The van der Waals surface area contributed by atoms with Crippen molar-refractivity contribution in [2.24, 2.45) is 0 Å². The van der Waals surface area contributed by atoms with Gasteiger partial charge in [-0.15, -0.1) is 0 Å². The highest BCUT2D eigenvalue weighted by molar-refractivity contribution is 7.80. The fourth-order valence-electron chi connectivity index (χ4n) is 3.66. The van der Waals surface area contributed by atoms with E-state index in [-0.39, 0.29) is 16.5 Å². The van der Waals surface area contributed by atoms with E-state index in [9.17, 15) is 9.18 Å². The molecule has 0 aliphatic heterocycles. The number of amides is 1. The van der Waals surface area contributed by atoms with Crippen molar-refractivity contribution in [3.8, 4) is 11.3 Å². The standard InChI is InChI=1S/C25H18FN5OS/c26-18-11-5-7-13-20(18)29-25(33)31-30-24(32)21-14-17-16-10-4-6-12-19(16)27-23(17)22(28-21)15-8-2-1-3-9-15/h1-14,27H,(H,30,32)(H2,29,31,33). The third-order valence-electron chi connectivity index (χ3n) is 5.19.